The molecule has 7 heteroatoms. The van der Waals surface area contributed by atoms with Crippen molar-refractivity contribution in [2.75, 3.05) is 0 Å². The first kappa shape index (κ1) is 15.5. The molecule has 0 bridgehead atoms. The van der Waals surface area contributed by atoms with E-state index in [1.807, 2.05) is 26.0 Å². The molecule has 1 N–H and O–H groups in total. The number of nitrogens with zero attached hydrogens (tertiary/aromatic N) is 1. The fourth-order valence-electron chi connectivity index (χ4n) is 1.91. The number of hydrogen-bond donors (Lipinski definition) is 1. The van der Waals surface area contributed by atoms with E-state index in [2.05, 4.69) is 5.32 Å². The summed E-state index contributed by atoms with van der Waals surface area (Å²) in [6.07, 6.45) is 0. The van der Waals surface area contributed by atoms with Crippen LogP contribution in [0.1, 0.15) is 28.3 Å². The van der Waals surface area contributed by atoms with Gasteiger partial charge in [-0.2, -0.15) is 4.39 Å². The van der Waals surface area contributed by atoms with Crippen molar-refractivity contribution in [3.8, 4) is 0 Å². The Kier molecular flexibility index (Phi) is 4.64. The lowest BCUT2D eigenvalue weighted by atomic mass is 10.1. The van der Waals surface area contributed by atoms with Gasteiger partial charge in [-0.1, -0.05) is 0 Å². The molecule has 0 amide bonds. The quantitative estimate of drug-likeness (QED) is 0.668. The SMILES string of the molecule is Cc1ccc(C(C)NCc2cc([N+](=O)[O-])c(F)cc2F)s1. The Balaban J connectivity index is 2.12. The number of aryl methyl sites for hydroxylation is 1. The van der Waals surface area contributed by atoms with Crippen molar-refractivity contribution < 1.29 is 13.7 Å². The molecule has 4 nitrogen and oxygen atoms in total. The molecule has 2 rings (SSSR count). The third-order valence-corrected chi connectivity index (χ3v) is 4.28. The fraction of sp³-hybridized carbons (Fsp3) is 0.286. The lowest BCUT2D eigenvalue weighted by molar-refractivity contribution is -0.387. The highest BCUT2D eigenvalue weighted by molar-refractivity contribution is 7.12. The molecule has 1 heterocycles. The summed E-state index contributed by atoms with van der Waals surface area (Å²) < 4.78 is 26.9. The summed E-state index contributed by atoms with van der Waals surface area (Å²) in [4.78, 5) is 12.1. The minimum Gasteiger partial charge on any atom is -0.305 e. The molecule has 0 saturated carbocycles. The van der Waals surface area contributed by atoms with Gasteiger partial charge in [-0.3, -0.25) is 10.1 Å². The first-order valence-electron chi connectivity index (χ1n) is 6.30. The van der Waals surface area contributed by atoms with Crippen molar-refractivity contribution >= 4 is 17.0 Å². The maximum absolute atomic E-state index is 13.7. The van der Waals surface area contributed by atoms with E-state index < -0.39 is 22.2 Å². The van der Waals surface area contributed by atoms with E-state index in [-0.39, 0.29) is 18.2 Å². The van der Waals surface area contributed by atoms with Crippen LogP contribution < -0.4 is 5.32 Å². The zero-order valence-corrected chi connectivity index (χ0v) is 12.3. The Morgan fingerprint density at radius 2 is 2.05 bits per heavy atom. The number of rotatable bonds is 5. The predicted octanol–water partition coefficient (Wildman–Crippen LogP) is 4.09. The van der Waals surface area contributed by atoms with Crippen LogP contribution in [0.4, 0.5) is 14.5 Å². The molecule has 0 spiro atoms. The van der Waals surface area contributed by atoms with Crippen LogP contribution in [-0.2, 0) is 6.54 Å². The van der Waals surface area contributed by atoms with E-state index in [0.29, 0.717) is 6.07 Å². The highest BCUT2D eigenvalue weighted by Gasteiger charge is 2.19. The second kappa shape index (κ2) is 6.28. The number of nitrogens with one attached hydrogen (secondary N) is 1. The van der Waals surface area contributed by atoms with Gasteiger partial charge in [0, 0.05) is 40.0 Å². The summed E-state index contributed by atoms with van der Waals surface area (Å²) in [5, 5.41) is 13.8. The Bertz CT molecular complexity index is 673. The van der Waals surface area contributed by atoms with Gasteiger partial charge < -0.3 is 5.32 Å². The summed E-state index contributed by atoms with van der Waals surface area (Å²) in [6.45, 7) is 4.00. The van der Waals surface area contributed by atoms with E-state index in [1.54, 1.807) is 11.3 Å². The molecule has 0 aliphatic rings. The minimum absolute atomic E-state index is 0.0211. The second-order valence-electron chi connectivity index (χ2n) is 4.70. The molecular formula is C14H14F2N2O2S. The normalized spacial score (nSPS) is 12.4. The maximum Gasteiger partial charge on any atom is 0.305 e. The number of thiophene rings is 1. The molecule has 0 radical (unpaired) electrons. The van der Waals surface area contributed by atoms with E-state index in [1.165, 1.54) is 4.88 Å². The van der Waals surface area contributed by atoms with Gasteiger partial charge in [-0.25, -0.2) is 4.39 Å². The first-order chi connectivity index (χ1) is 9.88. The topological polar surface area (TPSA) is 55.2 Å². The molecule has 1 aromatic carbocycles. The molecule has 1 unspecified atom stereocenters. The molecule has 112 valence electrons. The molecule has 0 aliphatic heterocycles. The van der Waals surface area contributed by atoms with Gasteiger partial charge in [0.2, 0.25) is 5.82 Å². The van der Waals surface area contributed by atoms with Crippen molar-refractivity contribution in [1.82, 2.24) is 5.32 Å². The van der Waals surface area contributed by atoms with Gasteiger partial charge in [0.25, 0.3) is 0 Å². The van der Waals surface area contributed by atoms with Gasteiger partial charge in [-0.15, -0.1) is 11.3 Å². The van der Waals surface area contributed by atoms with Crippen molar-refractivity contribution in [2.24, 2.45) is 0 Å². The second-order valence-corrected chi connectivity index (χ2v) is 6.02. The standard InChI is InChI=1S/C14H14F2N2O2S/c1-8-3-4-14(21-8)9(2)17-7-10-5-13(18(19)20)12(16)6-11(10)15/h3-6,9,17H,7H2,1-2H3. The van der Waals surface area contributed by atoms with Crippen molar-refractivity contribution in [1.29, 1.82) is 0 Å². The van der Waals surface area contributed by atoms with Crippen molar-refractivity contribution in [3.63, 3.8) is 0 Å². The summed E-state index contributed by atoms with van der Waals surface area (Å²) in [5.74, 6) is -1.96. The largest absolute Gasteiger partial charge is 0.305 e. The Hall–Kier alpha value is -1.86. The third-order valence-electron chi connectivity index (χ3n) is 3.10. The molecule has 1 atom stereocenters. The summed E-state index contributed by atoms with van der Waals surface area (Å²) in [6, 6.07) is 5.43. The lowest BCUT2D eigenvalue weighted by Crippen LogP contribution is -2.18. The molecular weight excluding hydrogens is 298 g/mol. The van der Waals surface area contributed by atoms with Crippen LogP contribution >= 0.6 is 11.3 Å². The third kappa shape index (κ3) is 3.62. The molecule has 1 aromatic heterocycles. The summed E-state index contributed by atoms with van der Waals surface area (Å²) >= 11 is 1.62. The monoisotopic (exact) mass is 312 g/mol. The Morgan fingerprint density at radius 1 is 1.33 bits per heavy atom. The zero-order chi connectivity index (χ0) is 15.6. The average molecular weight is 312 g/mol. The van der Waals surface area contributed by atoms with Crippen LogP contribution in [0, 0.1) is 28.7 Å². The number of benzene rings is 1. The van der Waals surface area contributed by atoms with Crippen molar-refractivity contribution in [3.05, 3.63) is 61.3 Å². The molecule has 0 fully saturated rings. The van der Waals surface area contributed by atoms with Crippen LogP contribution in [0.2, 0.25) is 0 Å². The number of nitro benzene ring substituents is 1. The Morgan fingerprint density at radius 3 is 2.62 bits per heavy atom. The van der Waals surface area contributed by atoms with E-state index in [0.717, 1.165) is 10.9 Å². The van der Waals surface area contributed by atoms with Crippen LogP contribution in [-0.4, -0.2) is 4.92 Å². The molecule has 0 aliphatic carbocycles. The van der Waals surface area contributed by atoms with E-state index in [4.69, 9.17) is 0 Å². The van der Waals surface area contributed by atoms with Gasteiger partial charge in [0.1, 0.15) is 5.82 Å². The summed E-state index contributed by atoms with van der Waals surface area (Å²) in [7, 11) is 0. The first-order valence-corrected chi connectivity index (χ1v) is 7.12. The molecule has 21 heavy (non-hydrogen) atoms. The predicted molar refractivity (Wildman–Crippen MR) is 77.3 cm³/mol. The Labute approximate surface area is 124 Å². The van der Waals surface area contributed by atoms with Gasteiger partial charge in [-0.05, 0) is 26.0 Å². The van der Waals surface area contributed by atoms with Crippen molar-refractivity contribution in [2.45, 2.75) is 26.4 Å². The highest BCUT2D eigenvalue weighted by atomic mass is 32.1. The molecule has 0 saturated heterocycles. The van der Waals surface area contributed by atoms with Crippen LogP contribution in [0.15, 0.2) is 24.3 Å². The van der Waals surface area contributed by atoms with Gasteiger partial charge in [0.15, 0.2) is 0 Å². The van der Waals surface area contributed by atoms with Crippen LogP contribution in [0.3, 0.4) is 0 Å². The number of halogens is 2. The fourth-order valence-corrected chi connectivity index (χ4v) is 2.81. The minimum atomic E-state index is -1.16. The smallest absolute Gasteiger partial charge is 0.305 e. The van der Waals surface area contributed by atoms with E-state index >= 15 is 0 Å². The highest BCUT2D eigenvalue weighted by Crippen LogP contribution is 2.24. The van der Waals surface area contributed by atoms with E-state index in [9.17, 15) is 18.9 Å². The zero-order valence-electron chi connectivity index (χ0n) is 11.5. The molecule has 2 aromatic rings. The number of hydrogen-bond acceptors (Lipinski definition) is 4. The van der Waals surface area contributed by atoms with Gasteiger partial charge >= 0.3 is 5.69 Å². The van der Waals surface area contributed by atoms with Crippen LogP contribution in [0.5, 0.6) is 0 Å². The maximum atomic E-state index is 13.7. The summed E-state index contributed by atoms with van der Waals surface area (Å²) in [5.41, 5.74) is -0.643. The average Bonchev–Trinajstić information content (AvgIpc) is 2.83. The van der Waals surface area contributed by atoms with Crippen LogP contribution in [0.25, 0.3) is 0 Å². The lowest BCUT2D eigenvalue weighted by Gasteiger charge is -2.12. The van der Waals surface area contributed by atoms with Gasteiger partial charge in [0.05, 0.1) is 4.92 Å². The number of nitro groups is 1.